The predicted molar refractivity (Wildman–Crippen MR) is 134 cm³/mol. The maximum absolute atomic E-state index is 11.2. The standard InChI is InChI=1S/C23H30N4O3.HI/c1-16-7-8-19(22(11-16)30-21-9-10-29-15-21)14-26-23(24-3)25-13-18-5-4-6-20(12-18)27-17(2)28;/h4-8,11-12,21H,9-10,13-15H2,1-3H3,(H,27,28)(H2,24,25,26);1H. The second-order valence-electron chi connectivity index (χ2n) is 7.38. The Kier molecular flexibility index (Phi) is 10.1. The van der Waals surface area contributed by atoms with Gasteiger partial charge in [0.15, 0.2) is 5.96 Å². The van der Waals surface area contributed by atoms with Gasteiger partial charge >= 0.3 is 0 Å². The van der Waals surface area contributed by atoms with E-state index in [1.165, 1.54) is 6.92 Å². The van der Waals surface area contributed by atoms with Gasteiger partial charge in [0.1, 0.15) is 11.9 Å². The monoisotopic (exact) mass is 538 g/mol. The van der Waals surface area contributed by atoms with E-state index in [2.05, 4.69) is 46.1 Å². The lowest BCUT2D eigenvalue weighted by Gasteiger charge is -2.18. The van der Waals surface area contributed by atoms with E-state index in [4.69, 9.17) is 9.47 Å². The van der Waals surface area contributed by atoms with Crippen molar-refractivity contribution in [1.82, 2.24) is 10.6 Å². The summed E-state index contributed by atoms with van der Waals surface area (Å²) in [6.45, 7) is 6.13. The molecule has 1 unspecified atom stereocenters. The first-order chi connectivity index (χ1) is 14.5. The molecule has 1 saturated heterocycles. The number of aryl methyl sites for hydroxylation is 1. The number of guanidine groups is 1. The molecule has 1 atom stereocenters. The van der Waals surface area contributed by atoms with Gasteiger partial charge in [-0.2, -0.15) is 0 Å². The summed E-state index contributed by atoms with van der Waals surface area (Å²) in [5.41, 5.74) is 4.06. The van der Waals surface area contributed by atoms with E-state index in [-0.39, 0.29) is 36.0 Å². The number of amides is 1. The minimum Gasteiger partial charge on any atom is -0.488 e. The van der Waals surface area contributed by atoms with Crippen molar-refractivity contribution < 1.29 is 14.3 Å². The lowest BCUT2D eigenvalue weighted by atomic mass is 10.1. The van der Waals surface area contributed by atoms with E-state index in [1.54, 1.807) is 7.05 Å². The molecular weight excluding hydrogens is 507 g/mol. The van der Waals surface area contributed by atoms with Crippen molar-refractivity contribution in [3.8, 4) is 5.75 Å². The molecule has 31 heavy (non-hydrogen) atoms. The summed E-state index contributed by atoms with van der Waals surface area (Å²) in [6.07, 6.45) is 1.03. The first kappa shape index (κ1) is 24.9. The SMILES string of the molecule is CN=C(NCc1cccc(NC(C)=O)c1)NCc1ccc(C)cc1OC1CCOC1.I. The van der Waals surface area contributed by atoms with Crippen LogP contribution in [-0.4, -0.2) is 38.2 Å². The predicted octanol–water partition coefficient (Wildman–Crippen LogP) is 3.60. The topological polar surface area (TPSA) is 84.0 Å². The Bertz CT molecular complexity index is 898. The first-order valence-electron chi connectivity index (χ1n) is 10.2. The second kappa shape index (κ2) is 12.5. The van der Waals surface area contributed by atoms with Crippen LogP contribution in [-0.2, 0) is 22.6 Å². The number of hydrogen-bond donors (Lipinski definition) is 3. The van der Waals surface area contributed by atoms with Crippen LogP contribution < -0.4 is 20.7 Å². The third-order valence-corrected chi connectivity index (χ3v) is 4.78. The summed E-state index contributed by atoms with van der Waals surface area (Å²) in [7, 11) is 1.74. The number of rotatable bonds is 7. The van der Waals surface area contributed by atoms with Crippen LogP contribution in [0.15, 0.2) is 47.5 Å². The van der Waals surface area contributed by atoms with Crippen molar-refractivity contribution in [2.75, 3.05) is 25.6 Å². The Morgan fingerprint density at radius 2 is 2.00 bits per heavy atom. The molecule has 3 rings (SSSR count). The zero-order valence-electron chi connectivity index (χ0n) is 18.2. The van der Waals surface area contributed by atoms with E-state index in [1.807, 2.05) is 24.3 Å². The van der Waals surface area contributed by atoms with Crippen LogP contribution in [0.25, 0.3) is 0 Å². The van der Waals surface area contributed by atoms with Crippen LogP contribution in [0.5, 0.6) is 5.75 Å². The first-order valence-corrected chi connectivity index (χ1v) is 10.2. The van der Waals surface area contributed by atoms with E-state index in [9.17, 15) is 4.79 Å². The average molecular weight is 538 g/mol. The number of halogens is 1. The Morgan fingerprint density at radius 3 is 2.71 bits per heavy atom. The summed E-state index contributed by atoms with van der Waals surface area (Å²) < 4.78 is 11.6. The number of carbonyl (C=O) groups is 1. The van der Waals surface area contributed by atoms with Gasteiger partial charge in [0.25, 0.3) is 0 Å². The van der Waals surface area contributed by atoms with E-state index >= 15 is 0 Å². The lowest BCUT2D eigenvalue weighted by Crippen LogP contribution is -2.36. The molecule has 8 heteroatoms. The maximum atomic E-state index is 11.2. The normalized spacial score (nSPS) is 15.7. The summed E-state index contributed by atoms with van der Waals surface area (Å²) in [6, 6.07) is 14.0. The third-order valence-electron chi connectivity index (χ3n) is 4.78. The highest BCUT2D eigenvalue weighted by atomic mass is 127. The summed E-state index contributed by atoms with van der Waals surface area (Å²) in [4.78, 5) is 15.5. The van der Waals surface area contributed by atoms with Crippen LogP contribution in [0.1, 0.15) is 30.0 Å². The molecule has 1 aliphatic heterocycles. The fraction of sp³-hybridized carbons (Fsp3) is 0.391. The van der Waals surface area contributed by atoms with E-state index in [0.717, 1.165) is 41.2 Å². The molecule has 0 spiro atoms. The number of benzene rings is 2. The molecule has 2 aromatic rings. The van der Waals surface area contributed by atoms with Crippen LogP contribution in [0.3, 0.4) is 0 Å². The van der Waals surface area contributed by atoms with E-state index < -0.39 is 0 Å². The van der Waals surface area contributed by atoms with Crippen molar-refractivity contribution in [3.05, 3.63) is 59.2 Å². The largest absolute Gasteiger partial charge is 0.488 e. The third kappa shape index (κ3) is 8.02. The van der Waals surface area contributed by atoms with Crippen molar-refractivity contribution in [2.24, 2.45) is 4.99 Å². The highest BCUT2D eigenvalue weighted by molar-refractivity contribution is 14.0. The molecule has 0 bridgehead atoms. The number of nitrogens with zero attached hydrogens (tertiary/aromatic N) is 1. The highest BCUT2D eigenvalue weighted by Crippen LogP contribution is 2.23. The van der Waals surface area contributed by atoms with Crippen molar-refractivity contribution in [2.45, 2.75) is 39.5 Å². The zero-order valence-corrected chi connectivity index (χ0v) is 20.6. The number of ether oxygens (including phenoxy) is 2. The van der Waals surface area contributed by atoms with Crippen LogP contribution in [0, 0.1) is 6.92 Å². The molecule has 2 aromatic carbocycles. The lowest BCUT2D eigenvalue weighted by molar-refractivity contribution is -0.114. The molecule has 1 amide bonds. The Labute approximate surface area is 201 Å². The molecule has 168 valence electrons. The average Bonchev–Trinajstić information content (AvgIpc) is 3.22. The van der Waals surface area contributed by atoms with Gasteiger partial charge in [-0.25, -0.2) is 0 Å². The summed E-state index contributed by atoms with van der Waals surface area (Å²) >= 11 is 0. The number of carbonyl (C=O) groups excluding carboxylic acids is 1. The smallest absolute Gasteiger partial charge is 0.221 e. The zero-order chi connectivity index (χ0) is 21.3. The molecule has 1 heterocycles. The second-order valence-corrected chi connectivity index (χ2v) is 7.38. The molecule has 7 nitrogen and oxygen atoms in total. The Morgan fingerprint density at radius 1 is 1.19 bits per heavy atom. The summed E-state index contributed by atoms with van der Waals surface area (Å²) in [5, 5.41) is 9.45. The molecule has 0 radical (unpaired) electrons. The number of nitrogens with one attached hydrogen (secondary N) is 3. The van der Waals surface area contributed by atoms with Crippen molar-refractivity contribution in [1.29, 1.82) is 0 Å². The molecule has 0 aromatic heterocycles. The van der Waals surface area contributed by atoms with Gasteiger partial charge in [0.2, 0.25) is 5.91 Å². The Balaban J connectivity index is 0.00000341. The Hall–Kier alpha value is -2.33. The minimum absolute atomic E-state index is 0. The fourth-order valence-corrected chi connectivity index (χ4v) is 3.25. The van der Waals surface area contributed by atoms with Crippen LogP contribution in [0.4, 0.5) is 5.69 Å². The van der Waals surface area contributed by atoms with Gasteiger partial charge < -0.3 is 25.4 Å². The van der Waals surface area contributed by atoms with Crippen LogP contribution in [0.2, 0.25) is 0 Å². The van der Waals surface area contributed by atoms with Gasteiger partial charge in [-0.15, -0.1) is 24.0 Å². The highest BCUT2D eigenvalue weighted by Gasteiger charge is 2.18. The molecule has 3 N–H and O–H groups in total. The minimum atomic E-state index is -0.0853. The molecular formula is C23H31IN4O3. The number of aliphatic imine (C=N–C) groups is 1. The maximum Gasteiger partial charge on any atom is 0.221 e. The number of anilines is 1. The molecule has 1 aliphatic rings. The number of hydrogen-bond acceptors (Lipinski definition) is 4. The molecule has 0 aliphatic carbocycles. The van der Waals surface area contributed by atoms with Gasteiger partial charge in [-0.3, -0.25) is 9.79 Å². The van der Waals surface area contributed by atoms with E-state index in [0.29, 0.717) is 25.7 Å². The van der Waals surface area contributed by atoms with Crippen molar-refractivity contribution >= 4 is 41.5 Å². The molecule has 0 saturated carbocycles. The van der Waals surface area contributed by atoms with Gasteiger partial charge in [-0.05, 0) is 36.2 Å². The molecule has 1 fully saturated rings. The fourth-order valence-electron chi connectivity index (χ4n) is 3.25. The quantitative estimate of drug-likeness (QED) is 0.285. The van der Waals surface area contributed by atoms with Crippen molar-refractivity contribution in [3.63, 3.8) is 0 Å². The van der Waals surface area contributed by atoms with Gasteiger partial charge in [0, 0.05) is 44.7 Å². The van der Waals surface area contributed by atoms with Gasteiger partial charge in [-0.1, -0.05) is 24.3 Å². The van der Waals surface area contributed by atoms with Crippen LogP contribution >= 0.6 is 24.0 Å². The summed E-state index contributed by atoms with van der Waals surface area (Å²) in [5.74, 6) is 1.49. The van der Waals surface area contributed by atoms with Gasteiger partial charge in [0.05, 0.1) is 13.2 Å².